The van der Waals surface area contributed by atoms with Gasteiger partial charge in [-0.05, 0) is 79.3 Å². The van der Waals surface area contributed by atoms with Crippen molar-refractivity contribution in [2.75, 3.05) is 29.9 Å². The normalized spacial score (nSPS) is 15.7. The molecule has 0 radical (unpaired) electrons. The molecule has 0 saturated carbocycles. The van der Waals surface area contributed by atoms with Crippen LogP contribution in [0.2, 0.25) is 0 Å². The van der Waals surface area contributed by atoms with Crippen LogP contribution in [0.4, 0.5) is 20.2 Å². The molecule has 6 nitrogen and oxygen atoms in total. The number of amides is 1. The van der Waals surface area contributed by atoms with E-state index < -0.39 is 6.11 Å². The molecular formula is C28H32F2N4O2. The van der Waals surface area contributed by atoms with Gasteiger partial charge in [0.2, 0.25) is 0 Å². The summed E-state index contributed by atoms with van der Waals surface area (Å²) in [6, 6.07) is 17.4. The Kier molecular flexibility index (Phi) is 6.60. The summed E-state index contributed by atoms with van der Waals surface area (Å²) in [4.78, 5) is 20.3. The van der Waals surface area contributed by atoms with Gasteiger partial charge in [-0.3, -0.25) is 4.79 Å². The van der Waals surface area contributed by atoms with Gasteiger partial charge in [0.25, 0.3) is 5.91 Å². The number of aryl methyl sites for hydroxylation is 2. The number of likely N-dealkylation sites (N-methyl/N-ethyl adjacent to an activating group) is 1. The molecular weight excluding hydrogens is 462 g/mol. The number of fused-ring (bicyclic) bond motifs is 1. The van der Waals surface area contributed by atoms with Crippen LogP contribution in [0.15, 0.2) is 54.6 Å². The van der Waals surface area contributed by atoms with E-state index in [4.69, 9.17) is 0 Å². The predicted octanol–water partition coefficient (Wildman–Crippen LogP) is 5.14. The molecule has 0 bridgehead atoms. The molecule has 2 aromatic carbocycles. The van der Waals surface area contributed by atoms with E-state index in [2.05, 4.69) is 44.0 Å². The van der Waals surface area contributed by atoms with Crippen LogP contribution in [0.3, 0.4) is 0 Å². The molecule has 1 amide bonds. The SMILES string of the molecule is CN(c1ccc(CNC(=O)c2cc3c([nH]2)CCCC3)cc1)C1CN(c2ccc(OC(C)(F)F)cc2)C1. The average molecular weight is 495 g/mol. The van der Waals surface area contributed by atoms with E-state index in [1.807, 2.05) is 30.3 Å². The minimum Gasteiger partial charge on any atom is -0.433 e. The number of hydrogen-bond acceptors (Lipinski definition) is 4. The molecule has 0 spiro atoms. The highest BCUT2D eigenvalue weighted by molar-refractivity contribution is 5.92. The van der Waals surface area contributed by atoms with Gasteiger partial charge in [0.1, 0.15) is 11.4 Å². The number of anilines is 2. The molecule has 2 N–H and O–H groups in total. The quantitative estimate of drug-likeness (QED) is 0.455. The topological polar surface area (TPSA) is 60.6 Å². The van der Waals surface area contributed by atoms with Crippen LogP contribution in [-0.4, -0.2) is 43.2 Å². The maximum Gasteiger partial charge on any atom is 0.394 e. The lowest BCUT2D eigenvalue weighted by Gasteiger charge is -2.46. The standard InChI is InChI=1S/C28H32F2N4O2/c1-28(29,30)36-24-13-11-22(12-14-24)34-17-23(18-34)33(2)21-9-7-19(8-10-21)16-31-27(35)26-15-20-5-3-4-6-25(20)32-26/h7-15,23,32H,3-6,16-18H2,1-2H3,(H,31,35). The number of ether oxygens (including phenoxy) is 1. The van der Waals surface area contributed by atoms with Crippen molar-refractivity contribution in [1.82, 2.24) is 10.3 Å². The lowest BCUT2D eigenvalue weighted by Crippen LogP contribution is -2.58. The fraction of sp³-hybridized carbons (Fsp3) is 0.393. The second-order valence-corrected chi connectivity index (χ2v) is 9.82. The van der Waals surface area contributed by atoms with Crippen LogP contribution < -0.4 is 19.9 Å². The molecule has 36 heavy (non-hydrogen) atoms. The zero-order valence-electron chi connectivity index (χ0n) is 20.7. The number of nitrogens with one attached hydrogen (secondary N) is 2. The van der Waals surface area contributed by atoms with Crippen LogP contribution in [0.1, 0.15) is 47.1 Å². The summed E-state index contributed by atoms with van der Waals surface area (Å²) >= 11 is 0. The van der Waals surface area contributed by atoms with Crippen LogP contribution in [0.25, 0.3) is 0 Å². The van der Waals surface area contributed by atoms with E-state index in [1.54, 1.807) is 12.1 Å². The highest BCUT2D eigenvalue weighted by Gasteiger charge is 2.31. The van der Waals surface area contributed by atoms with Gasteiger partial charge in [0.05, 0.1) is 6.04 Å². The molecule has 5 rings (SSSR count). The van der Waals surface area contributed by atoms with Gasteiger partial charge in [-0.1, -0.05) is 12.1 Å². The number of halogens is 2. The molecule has 1 aliphatic carbocycles. The van der Waals surface area contributed by atoms with Crippen molar-refractivity contribution in [2.45, 2.75) is 51.3 Å². The number of H-pyrrole nitrogens is 1. The van der Waals surface area contributed by atoms with E-state index in [0.29, 0.717) is 18.3 Å². The highest BCUT2D eigenvalue weighted by Crippen LogP contribution is 2.29. The molecule has 3 aromatic rings. The molecule has 190 valence electrons. The first-order chi connectivity index (χ1) is 17.2. The maximum atomic E-state index is 13.0. The predicted molar refractivity (Wildman–Crippen MR) is 137 cm³/mol. The second-order valence-electron chi connectivity index (χ2n) is 9.82. The Bertz CT molecular complexity index is 1170. The van der Waals surface area contributed by atoms with E-state index in [9.17, 15) is 13.6 Å². The number of rotatable bonds is 8. The Morgan fingerprint density at radius 1 is 1.11 bits per heavy atom. The summed E-state index contributed by atoms with van der Waals surface area (Å²) in [5, 5.41) is 3.02. The number of carbonyl (C=O) groups is 1. The average Bonchev–Trinajstić information content (AvgIpc) is 3.26. The Balaban J connectivity index is 1.10. The number of aromatic amines is 1. The van der Waals surface area contributed by atoms with Gasteiger partial charge in [-0.15, -0.1) is 0 Å². The van der Waals surface area contributed by atoms with Crippen molar-refractivity contribution in [2.24, 2.45) is 0 Å². The summed E-state index contributed by atoms with van der Waals surface area (Å²) in [6.45, 7) is 2.90. The van der Waals surface area contributed by atoms with Gasteiger partial charge < -0.3 is 24.8 Å². The lowest BCUT2D eigenvalue weighted by atomic mass is 9.98. The molecule has 8 heteroatoms. The fourth-order valence-corrected chi connectivity index (χ4v) is 4.91. The summed E-state index contributed by atoms with van der Waals surface area (Å²) in [5.74, 6) is 0.0897. The summed E-state index contributed by atoms with van der Waals surface area (Å²) in [5.41, 5.74) is 6.28. The summed E-state index contributed by atoms with van der Waals surface area (Å²) in [7, 11) is 2.08. The van der Waals surface area contributed by atoms with Gasteiger partial charge in [0, 0.05) is 50.7 Å². The highest BCUT2D eigenvalue weighted by atomic mass is 19.3. The van der Waals surface area contributed by atoms with Crippen molar-refractivity contribution in [3.05, 3.63) is 77.1 Å². The first kappa shape index (κ1) is 24.2. The maximum absolute atomic E-state index is 13.0. The monoisotopic (exact) mass is 494 g/mol. The number of benzene rings is 2. The van der Waals surface area contributed by atoms with E-state index in [0.717, 1.165) is 49.8 Å². The fourth-order valence-electron chi connectivity index (χ4n) is 4.91. The third kappa shape index (κ3) is 5.48. The third-order valence-electron chi connectivity index (χ3n) is 7.06. The van der Waals surface area contributed by atoms with Gasteiger partial charge in [-0.2, -0.15) is 8.78 Å². The van der Waals surface area contributed by atoms with Gasteiger partial charge >= 0.3 is 6.11 Å². The number of carbonyl (C=O) groups excluding carboxylic acids is 1. The Hall–Kier alpha value is -3.55. The lowest BCUT2D eigenvalue weighted by molar-refractivity contribution is -0.158. The molecule has 0 unspecified atom stereocenters. The molecule has 1 aromatic heterocycles. The Morgan fingerprint density at radius 2 is 1.81 bits per heavy atom. The summed E-state index contributed by atoms with van der Waals surface area (Å²) in [6.07, 6.45) is 1.26. The number of alkyl halides is 2. The molecule has 1 aliphatic heterocycles. The van der Waals surface area contributed by atoms with Gasteiger partial charge in [0.15, 0.2) is 0 Å². The third-order valence-corrected chi connectivity index (χ3v) is 7.06. The first-order valence-electron chi connectivity index (χ1n) is 12.5. The van der Waals surface area contributed by atoms with Crippen molar-refractivity contribution in [3.8, 4) is 5.75 Å². The van der Waals surface area contributed by atoms with E-state index in [1.165, 1.54) is 24.1 Å². The Labute approximate surface area is 210 Å². The zero-order chi connectivity index (χ0) is 25.3. The largest absolute Gasteiger partial charge is 0.433 e. The van der Waals surface area contributed by atoms with Crippen molar-refractivity contribution < 1.29 is 18.3 Å². The number of hydrogen-bond donors (Lipinski definition) is 2. The van der Waals surface area contributed by atoms with Crippen molar-refractivity contribution >= 4 is 17.3 Å². The molecule has 1 saturated heterocycles. The van der Waals surface area contributed by atoms with Gasteiger partial charge in [-0.25, -0.2) is 0 Å². The molecule has 2 aliphatic rings. The van der Waals surface area contributed by atoms with E-state index >= 15 is 0 Å². The van der Waals surface area contributed by atoms with Crippen LogP contribution in [0.5, 0.6) is 5.75 Å². The number of nitrogens with zero attached hydrogens (tertiary/aromatic N) is 2. The van der Waals surface area contributed by atoms with Crippen LogP contribution >= 0.6 is 0 Å². The second kappa shape index (κ2) is 9.84. The Morgan fingerprint density at radius 3 is 2.47 bits per heavy atom. The first-order valence-corrected chi connectivity index (χ1v) is 12.5. The van der Waals surface area contributed by atoms with Crippen LogP contribution in [-0.2, 0) is 19.4 Å². The molecule has 1 fully saturated rings. The zero-order valence-corrected chi connectivity index (χ0v) is 20.7. The van der Waals surface area contributed by atoms with Crippen molar-refractivity contribution in [3.63, 3.8) is 0 Å². The smallest absolute Gasteiger partial charge is 0.394 e. The van der Waals surface area contributed by atoms with Crippen molar-refractivity contribution in [1.29, 1.82) is 0 Å². The molecule has 0 atom stereocenters. The minimum absolute atomic E-state index is 0.0665. The van der Waals surface area contributed by atoms with E-state index in [-0.39, 0.29) is 11.7 Å². The summed E-state index contributed by atoms with van der Waals surface area (Å²) < 4.78 is 30.6. The molecule has 2 heterocycles. The van der Waals surface area contributed by atoms with Crippen LogP contribution in [0, 0.1) is 0 Å². The number of aromatic nitrogens is 1. The minimum atomic E-state index is -3.19.